The number of rotatable bonds is 3. The van der Waals surface area contributed by atoms with E-state index in [0.29, 0.717) is 0 Å². The molecule has 11 heteroatoms. The topological polar surface area (TPSA) is 190 Å². The number of phenolic OH excluding ortho intramolecular Hbond substituents is 4. The molecule has 170 valence electrons. The van der Waals surface area contributed by atoms with Gasteiger partial charge >= 0.3 is 0 Å². The van der Waals surface area contributed by atoms with Crippen molar-refractivity contribution in [2.24, 2.45) is 0 Å². The minimum Gasteiger partial charge on any atom is -0.504 e. The van der Waals surface area contributed by atoms with E-state index in [4.69, 9.17) is 13.9 Å². The third kappa shape index (κ3) is 3.56. The molecule has 5 atom stereocenters. The van der Waals surface area contributed by atoms with Gasteiger partial charge in [-0.05, 0) is 31.2 Å². The van der Waals surface area contributed by atoms with Gasteiger partial charge < -0.3 is 49.6 Å². The molecule has 7 N–H and O–H groups in total. The Balaban J connectivity index is 1.91. The summed E-state index contributed by atoms with van der Waals surface area (Å²) in [5, 5.41) is 69.0. The summed E-state index contributed by atoms with van der Waals surface area (Å²) in [6, 6.07) is 5.51. The maximum absolute atomic E-state index is 13.2. The minimum atomic E-state index is -1.73. The Morgan fingerprint density at radius 1 is 0.844 bits per heavy atom. The minimum absolute atomic E-state index is 0.0841. The van der Waals surface area contributed by atoms with Crippen LogP contribution in [-0.4, -0.2) is 66.5 Å². The van der Waals surface area contributed by atoms with Gasteiger partial charge in [0.2, 0.25) is 17.5 Å². The van der Waals surface area contributed by atoms with E-state index in [0.717, 1.165) is 24.3 Å². The van der Waals surface area contributed by atoms with Gasteiger partial charge in [0.05, 0.1) is 11.5 Å². The van der Waals surface area contributed by atoms with Crippen molar-refractivity contribution in [3.05, 3.63) is 40.6 Å². The number of aliphatic hydroxyl groups is 3. The second kappa shape index (κ2) is 7.88. The number of aromatic hydroxyl groups is 4. The lowest BCUT2D eigenvalue weighted by atomic mass is 10.00. The molecule has 2 heterocycles. The third-order valence-electron chi connectivity index (χ3n) is 5.23. The van der Waals surface area contributed by atoms with Crippen LogP contribution in [0.5, 0.6) is 28.7 Å². The monoisotopic (exact) mass is 448 g/mol. The summed E-state index contributed by atoms with van der Waals surface area (Å²) in [6.07, 6.45) is -7.29. The zero-order chi connectivity index (χ0) is 23.3. The Bertz CT molecular complexity index is 1230. The van der Waals surface area contributed by atoms with Crippen LogP contribution >= 0.6 is 0 Å². The summed E-state index contributed by atoms with van der Waals surface area (Å²) in [5.41, 5.74) is -0.872. The molecule has 0 amide bonds. The predicted octanol–water partition coefficient (Wildman–Crippen LogP) is 0.489. The summed E-state index contributed by atoms with van der Waals surface area (Å²) in [7, 11) is 0. The fourth-order valence-corrected chi connectivity index (χ4v) is 3.39. The molecule has 5 unspecified atom stereocenters. The molecule has 0 radical (unpaired) electrons. The summed E-state index contributed by atoms with van der Waals surface area (Å²) >= 11 is 0. The first-order chi connectivity index (χ1) is 15.1. The fraction of sp³-hybridized carbons (Fsp3) is 0.286. The number of ether oxygens (including phenoxy) is 2. The average molecular weight is 448 g/mol. The molecule has 1 aliphatic heterocycles. The van der Waals surface area contributed by atoms with Gasteiger partial charge in [-0.15, -0.1) is 0 Å². The van der Waals surface area contributed by atoms with E-state index in [1.807, 2.05) is 0 Å². The Kier molecular flexibility index (Phi) is 5.34. The van der Waals surface area contributed by atoms with Crippen molar-refractivity contribution in [2.75, 3.05) is 0 Å². The van der Waals surface area contributed by atoms with Crippen molar-refractivity contribution in [3.63, 3.8) is 0 Å². The van der Waals surface area contributed by atoms with E-state index < -0.39 is 64.9 Å². The molecule has 1 saturated heterocycles. The number of benzene rings is 2. The average Bonchev–Trinajstić information content (AvgIpc) is 2.75. The molecular formula is C21H20O11. The van der Waals surface area contributed by atoms with Gasteiger partial charge in [-0.3, -0.25) is 4.79 Å². The largest absolute Gasteiger partial charge is 0.504 e. The van der Waals surface area contributed by atoms with Gasteiger partial charge in [0, 0.05) is 11.6 Å². The van der Waals surface area contributed by atoms with E-state index in [-0.39, 0.29) is 22.3 Å². The number of fused-ring (bicyclic) bond motifs is 1. The molecule has 2 aromatic carbocycles. The summed E-state index contributed by atoms with van der Waals surface area (Å²) < 4.78 is 16.7. The maximum atomic E-state index is 13.2. The van der Waals surface area contributed by atoms with Gasteiger partial charge in [0.15, 0.2) is 28.8 Å². The van der Waals surface area contributed by atoms with E-state index >= 15 is 0 Å². The molecule has 3 aromatic rings. The Hall–Kier alpha value is -3.51. The van der Waals surface area contributed by atoms with Crippen molar-refractivity contribution in [1.82, 2.24) is 0 Å². The van der Waals surface area contributed by atoms with Gasteiger partial charge in [0.1, 0.15) is 23.9 Å². The molecular weight excluding hydrogens is 428 g/mol. The van der Waals surface area contributed by atoms with Crippen LogP contribution in [0, 0.1) is 0 Å². The number of phenols is 4. The summed E-state index contributed by atoms with van der Waals surface area (Å²) in [4.78, 5) is 13.2. The smallest absolute Gasteiger partial charge is 0.235 e. The molecule has 0 spiro atoms. The normalized spacial score (nSPS) is 25.7. The van der Waals surface area contributed by atoms with Crippen molar-refractivity contribution >= 4 is 11.0 Å². The highest BCUT2D eigenvalue weighted by Crippen LogP contribution is 2.39. The molecule has 1 aliphatic rings. The standard InChI is InChI=1S/C21H20O11/c1-7-15(26)17(28)18(29)21(30-7)32-20-16(27)9-5-12(24)13(25)6-14(9)31-19(20)8-2-3-10(22)11(23)4-8/h2-7,15,17-18,21-26,28-29H,1H3. The zero-order valence-electron chi connectivity index (χ0n) is 16.5. The van der Waals surface area contributed by atoms with Gasteiger partial charge in [-0.1, -0.05) is 0 Å². The molecule has 32 heavy (non-hydrogen) atoms. The van der Waals surface area contributed by atoms with Gasteiger partial charge in [-0.2, -0.15) is 0 Å². The molecule has 1 aromatic heterocycles. The zero-order valence-corrected chi connectivity index (χ0v) is 16.5. The number of hydrogen-bond donors (Lipinski definition) is 7. The van der Waals surface area contributed by atoms with Gasteiger partial charge in [0.25, 0.3) is 0 Å². The highest BCUT2D eigenvalue weighted by Gasteiger charge is 2.43. The van der Waals surface area contributed by atoms with Crippen LogP contribution < -0.4 is 10.2 Å². The van der Waals surface area contributed by atoms with Crippen molar-refractivity contribution in [2.45, 2.75) is 37.6 Å². The fourth-order valence-electron chi connectivity index (χ4n) is 3.39. The Morgan fingerprint density at radius 3 is 2.19 bits per heavy atom. The van der Waals surface area contributed by atoms with Crippen LogP contribution in [0.4, 0.5) is 0 Å². The number of aliphatic hydroxyl groups excluding tert-OH is 3. The quantitative estimate of drug-likeness (QED) is 0.276. The number of hydrogen-bond acceptors (Lipinski definition) is 11. The lowest BCUT2D eigenvalue weighted by Gasteiger charge is -2.38. The van der Waals surface area contributed by atoms with Crippen LogP contribution in [0.2, 0.25) is 0 Å². The first-order valence-electron chi connectivity index (χ1n) is 9.50. The van der Waals surface area contributed by atoms with Crippen LogP contribution in [0.3, 0.4) is 0 Å². The second-order valence-corrected chi connectivity index (χ2v) is 7.43. The van der Waals surface area contributed by atoms with Crippen LogP contribution in [0.1, 0.15) is 6.92 Å². The van der Waals surface area contributed by atoms with E-state index in [9.17, 15) is 40.5 Å². The first-order valence-corrected chi connectivity index (χ1v) is 9.50. The molecule has 0 saturated carbocycles. The Labute approximate surface area is 179 Å². The highest BCUT2D eigenvalue weighted by molar-refractivity contribution is 5.85. The van der Waals surface area contributed by atoms with Crippen LogP contribution in [0.15, 0.2) is 39.5 Å². The highest BCUT2D eigenvalue weighted by atomic mass is 16.7. The molecule has 0 aliphatic carbocycles. The van der Waals surface area contributed by atoms with E-state index in [1.165, 1.54) is 13.0 Å². The van der Waals surface area contributed by atoms with Crippen LogP contribution in [0.25, 0.3) is 22.3 Å². The predicted molar refractivity (Wildman–Crippen MR) is 108 cm³/mol. The van der Waals surface area contributed by atoms with E-state index in [2.05, 4.69) is 0 Å². The molecule has 11 nitrogen and oxygen atoms in total. The van der Waals surface area contributed by atoms with Crippen molar-refractivity contribution in [3.8, 4) is 40.1 Å². The van der Waals surface area contributed by atoms with E-state index in [1.54, 1.807) is 0 Å². The van der Waals surface area contributed by atoms with Crippen LogP contribution in [-0.2, 0) is 4.74 Å². The maximum Gasteiger partial charge on any atom is 0.235 e. The second-order valence-electron chi connectivity index (χ2n) is 7.43. The molecule has 1 fully saturated rings. The lowest BCUT2D eigenvalue weighted by molar-refractivity contribution is -0.268. The molecule has 4 rings (SSSR count). The first kappa shape index (κ1) is 21.7. The van der Waals surface area contributed by atoms with Gasteiger partial charge in [-0.25, -0.2) is 0 Å². The van der Waals surface area contributed by atoms with Crippen molar-refractivity contribution in [1.29, 1.82) is 0 Å². The SMILES string of the molecule is CC1OC(Oc2c(-c3ccc(O)c(O)c3)oc3cc(O)c(O)cc3c2=O)C(O)C(O)C1O. The van der Waals surface area contributed by atoms with Crippen molar-refractivity contribution < 1.29 is 49.6 Å². The molecule has 0 bridgehead atoms. The third-order valence-corrected chi connectivity index (χ3v) is 5.23. The lowest BCUT2D eigenvalue weighted by Crippen LogP contribution is -2.58. The Morgan fingerprint density at radius 2 is 1.50 bits per heavy atom. The summed E-state index contributed by atoms with van der Waals surface area (Å²) in [5.74, 6) is -2.86. The summed E-state index contributed by atoms with van der Waals surface area (Å²) in [6.45, 7) is 1.43.